The van der Waals surface area contributed by atoms with Crippen LogP contribution in [-0.2, 0) is 11.2 Å². The molecule has 0 heterocycles. The summed E-state index contributed by atoms with van der Waals surface area (Å²) in [6.07, 6.45) is 5.09. The molecule has 4 nitrogen and oxygen atoms in total. The number of anilines is 1. The number of carbonyl (C=O) groups is 1. The Morgan fingerprint density at radius 3 is 2.67 bits per heavy atom. The van der Waals surface area contributed by atoms with Crippen molar-refractivity contribution in [2.24, 2.45) is 5.92 Å². The Hall–Kier alpha value is -1.55. The van der Waals surface area contributed by atoms with Crippen LogP contribution in [0.25, 0.3) is 0 Å². The fourth-order valence-corrected chi connectivity index (χ4v) is 2.99. The van der Waals surface area contributed by atoms with Gasteiger partial charge in [-0.3, -0.25) is 4.79 Å². The highest BCUT2D eigenvalue weighted by Gasteiger charge is 2.32. The molecular weight excluding hydrogens is 264 g/mol. The molecule has 0 aromatic heterocycles. The number of para-hydroxylation sites is 1. The number of nitrogen functional groups attached to an aromatic ring is 1. The summed E-state index contributed by atoms with van der Waals surface area (Å²) < 4.78 is 0. The van der Waals surface area contributed by atoms with Gasteiger partial charge in [0.2, 0.25) is 5.91 Å². The van der Waals surface area contributed by atoms with Gasteiger partial charge in [0.15, 0.2) is 0 Å². The van der Waals surface area contributed by atoms with Crippen LogP contribution in [0, 0.1) is 5.92 Å². The van der Waals surface area contributed by atoms with E-state index in [0.717, 1.165) is 37.2 Å². The highest BCUT2D eigenvalue weighted by Crippen LogP contribution is 2.33. The first kappa shape index (κ1) is 15.8. The standard InChI is InChI=1S/C17H26N2O2/c1-2-13-7-9-17(21,10-8-13)12-19-16(20)11-14-5-3-4-6-15(14)18/h3-6,13,21H,2,7-12,18H2,1H3,(H,19,20). The van der Waals surface area contributed by atoms with Crippen molar-refractivity contribution in [1.82, 2.24) is 5.32 Å². The highest BCUT2D eigenvalue weighted by molar-refractivity contribution is 5.80. The first-order valence-corrected chi connectivity index (χ1v) is 7.85. The number of aliphatic hydroxyl groups is 1. The molecule has 1 aliphatic rings. The summed E-state index contributed by atoms with van der Waals surface area (Å²) in [5, 5.41) is 13.4. The summed E-state index contributed by atoms with van der Waals surface area (Å²) in [5.41, 5.74) is 6.57. The van der Waals surface area contributed by atoms with Crippen molar-refractivity contribution in [2.75, 3.05) is 12.3 Å². The van der Waals surface area contributed by atoms with Gasteiger partial charge >= 0.3 is 0 Å². The average molecular weight is 290 g/mol. The summed E-state index contributed by atoms with van der Waals surface area (Å²) in [5.74, 6) is 0.643. The first-order chi connectivity index (χ1) is 10.0. The average Bonchev–Trinajstić information content (AvgIpc) is 2.49. The summed E-state index contributed by atoms with van der Waals surface area (Å²) in [7, 11) is 0. The van der Waals surface area contributed by atoms with E-state index >= 15 is 0 Å². The summed E-state index contributed by atoms with van der Waals surface area (Å²) in [6, 6.07) is 7.38. The second kappa shape index (κ2) is 6.94. The fraction of sp³-hybridized carbons (Fsp3) is 0.588. The summed E-state index contributed by atoms with van der Waals surface area (Å²) >= 11 is 0. The van der Waals surface area contributed by atoms with E-state index in [-0.39, 0.29) is 12.3 Å². The van der Waals surface area contributed by atoms with Gasteiger partial charge < -0.3 is 16.2 Å². The molecule has 0 spiro atoms. The molecule has 0 aliphatic heterocycles. The Morgan fingerprint density at radius 2 is 2.05 bits per heavy atom. The van der Waals surface area contributed by atoms with Crippen LogP contribution in [0.15, 0.2) is 24.3 Å². The first-order valence-electron chi connectivity index (χ1n) is 7.85. The fourth-order valence-electron chi connectivity index (χ4n) is 2.99. The van der Waals surface area contributed by atoms with Gasteiger partial charge in [-0.1, -0.05) is 31.5 Å². The van der Waals surface area contributed by atoms with E-state index in [1.54, 1.807) is 6.07 Å². The van der Waals surface area contributed by atoms with E-state index in [0.29, 0.717) is 12.2 Å². The third-order valence-corrected chi connectivity index (χ3v) is 4.63. The van der Waals surface area contributed by atoms with Crippen LogP contribution in [0.1, 0.15) is 44.6 Å². The number of nitrogens with one attached hydrogen (secondary N) is 1. The van der Waals surface area contributed by atoms with E-state index in [1.165, 1.54) is 6.42 Å². The van der Waals surface area contributed by atoms with Crippen LogP contribution in [0.2, 0.25) is 0 Å². The maximum Gasteiger partial charge on any atom is 0.224 e. The largest absolute Gasteiger partial charge is 0.398 e. The van der Waals surface area contributed by atoms with Gasteiger partial charge in [0.1, 0.15) is 0 Å². The number of carbonyl (C=O) groups excluding carboxylic acids is 1. The predicted molar refractivity (Wildman–Crippen MR) is 84.8 cm³/mol. The molecule has 0 saturated heterocycles. The highest BCUT2D eigenvalue weighted by atomic mass is 16.3. The number of nitrogens with two attached hydrogens (primary N) is 1. The van der Waals surface area contributed by atoms with Crippen molar-refractivity contribution in [3.05, 3.63) is 29.8 Å². The van der Waals surface area contributed by atoms with E-state index in [9.17, 15) is 9.90 Å². The SMILES string of the molecule is CCC1CCC(O)(CNC(=O)Cc2ccccc2N)CC1. The number of benzene rings is 1. The number of hydrogen-bond acceptors (Lipinski definition) is 3. The third kappa shape index (κ3) is 4.46. The molecule has 0 atom stereocenters. The molecule has 1 aromatic rings. The zero-order valence-electron chi connectivity index (χ0n) is 12.8. The van der Waals surface area contributed by atoms with Gasteiger partial charge in [-0.2, -0.15) is 0 Å². The second-order valence-electron chi connectivity index (χ2n) is 6.23. The van der Waals surface area contributed by atoms with Gasteiger partial charge in [-0.05, 0) is 43.2 Å². The molecule has 1 aromatic carbocycles. The Balaban J connectivity index is 1.80. The van der Waals surface area contributed by atoms with Crippen LogP contribution in [-0.4, -0.2) is 23.2 Å². The Kier molecular flexibility index (Phi) is 5.23. The second-order valence-corrected chi connectivity index (χ2v) is 6.23. The molecule has 4 N–H and O–H groups in total. The molecule has 0 bridgehead atoms. The Labute approximate surface area is 126 Å². The van der Waals surface area contributed by atoms with Crippen LogP contribution < -0.4 is 11.1 Å². The molecule has 1 fully saturated rings. The molecule has 21 heavy (non-hydrogen) atoms. The van der Waals surface area contributed by atoms with Gasteiger partial charge in [0.25, 0.3) is 0 Å². The van der Waals surface area contributed by atoms with Crippen molar-refractivity contribution < 1.29 is 9.90 Å². The minimum Gasteiger partial charge on any atom is -0.398 e. The molecule has 1 aliphatic carbocycles. The van der Waals surface area contributed by atoms with Gasteiger partial charge in [0.05, 0.1) is 12.0 Å². The molecule has 1 amide bonds. The number of hydrogen-bond donors (Lipinski definition) is 3. The molecule has 2 rings (SSSR count). The van der Waals surface area contributed by atoms with Gasteiger partial charge in [-0.25, -0.2) is 0 Å². The van der Waals surface area contributed by atoms with Crippen molar-refractivity contribution in [3.63, 3.8) is 0 Å². The number of amides is 1. The van der Waals surface area contributed by atoms with Crippen molar-refractivity contribution in [3.8, 4) is 0 Å². The van der Waals surface area contributed by atoms with Crippen LogP contribution in [0.4, 0.5) is 5.69 Å². The lowest BCUT2D eigenvalue weighted by atomic mass is 9.78. The predicted octanol–water partition coefficient (Wildman–Crippen LogP) is 2.26. The van der Waals surface area contributed by atoms with Crippen molar-refractivity contribution >= 4 is 11.6 Å². The van der Waals surface area contributed by atoms with Crippen LogP contribution in [0.3, 0.4) is 0 Å². The van der Waals surface area contributed by atoms with E-state index < -0.39 is 5.60 Å². The van der Waals surface area contributed by atoms with E-state index in [4.69, 9.17) is 5.73 Å². The normalized spacial score (nSPS) is 25.5. The van der Waals surface area contributed by atoms with E-state index in [2.05, 4.69) is 12.2 Å². The minimum atomic E-state index is -0.733. The molecule has 116 valence electrons. The zero-order chi connectivity index (χ0) is 15.3. The van der Waals surface area contributed by atoms with Crippen molar-refractivity contribution in [2.45, 2.75) is 51.0 Å². The van der Waals surface area contributed by atoms with Gasteiger partial charge in [-0.15, -0.1) is 0 Å². The Morgan fingerprint density at radius 1 is 1.38 bits per heavy atom. The molecule has 1 saturated carbocycles. The zero-order valence-corrected chi connectivity index (χ0v) is 12.8. The van der Waals surface area contributed by atoms with Gasteiger partial charge in [0, 0.05) is 12.2 Å². The number of rotatable bonds is 5. The summed E-state index contributed by atoms with van der Waals surface area (Å²) in [4.78, 5) is 12.0. The smallest absolute Gasteiger partial charge is 0.224 e. The van der Waals surface area contributed by atoms with E-state index in [1.807, 2.05) is 18.2 Å². The third-order valence-electron chi connectivity index (χ3n) is 4.63. The topological polar surface area (TPSA) is 75.3 Å². The lowest BCUT2D eigenvalue weighted by Crippen LogP contribution is -2.45. The lowest BCUT2D eigenvalue weighted by molar-refractivity contribution is -0.122. The quantitative estimate of drug-likeness (QED) is 0.728. The van der Waals surface area contributed by atoms with Crippen LogP contribution in [0.5, 0.6) is 0 Å². The molecule has 0 radical (unpaired) electrons. The van der Waals surface area contributed by atoms with Crippen LogP contribution >= 0.6 is 0 Å². The molecule has 0 unspecified atom stereocenters. The lowest BCUT2D eigenvalue weighted by Gasteiger charge is -2.35. The van der Waals surface area contributed by atoms with Crippen molar-refractivity contribution in [1.29, 1.82) is 0 Å². The maximum absolute atomic E-state index is 12.0. The molecule has 4 heteroatoms. The minimum absolute atomic E-state index is 0.0843. The maximum atomic E-state index is 12.0. The Bertz CT molecular complexity index is 479. The molecular formula is C17H26N2O2. The monoisotopic (exact) mass is 290 g/mol. The summed E-state index contributed by atoms with van der Waals surface area (Å²) in [6.45, 7) is 2.54.